The first-order valence-electron chi connectivity index (χ1n) is 45.0. The lowest BCUT2D eigenvalue weighted by molar-refractivity contribution is 1.29. The lowest BCUT2D eigenvalue weighted by atomic mass is 9.98. The van der Waals surface area contributed by atoms with Gasteiger partial charge in [0.2, 0.25) is 0 Å². The Hall–Kier alpha value is -14.1. The molecular weight excluding hydrogens is 1990 g/mol. The van der Waals surface area contributed by atoms with Crippen LogP contribution in [0.4, 0.5) is 68.2 Å². The molecule has 0 amide bonds. The second-order valence-electron chi connectivity index (χ2n) is 33.6. The van der Waals surface area contributed by atoms with E-state index in [4.69, 9.17) is 0 Å². The van der Waals surface area contributed by atoms with Crippen LogP contribution < -0.4 is 19.6 Å². The third-order valence-electron chi connectivity index (χ3n) is 25.2. The van der Waals surface area contributed by atoms with Crippen LogP contribution in [0.1, 0.15) is 0 Å². The minimum atomic E-state index is 1.11. The highest BCUT2D eigenvalue weighted by Gasteiger charge is 2.23. The van der Waals surface area contributed by atoms with Crippen LogP contribution in [0.25, 0.3) is 146 Å². The number of thiophene rings is 4. The SMILES string of the molecule is Brc1ccc2sc3cc(N(c4ccc5ccccc5c4)c4ccc5ccccc5c4)ccc3c2c1.Brc1ccc2sc3cc(N(c4ccccc4)c4ccc(-c5cccc6ccccc56)cc4)ccc3c2c1.Brc1ccc2sc3cc(N(c4ccccc4)c4ccc(-c5ccccc5)cc4)ccc3c2c1.Brc1ccc2sc3cc(N(c4ccccc4)c4cccc5ccccc45)ccc3c2c1. The molecule has 12 heteroatoms. The predicted octanol–water partition coefficient (Wildman–Crippen LogP) is 41.1. The van der Waals surface area contributed by atoms with Crippen LogP contribution in [0.3, 0.4) is 0 Å². The van der Waals surface area contributed by atoms with Gasteiger partial charge in [-0.25, -0.2) is 0 Å². The lowest BCUT2D eigenvalue weighted by Crippen LogP contribution is -2.10. The summed E-state index contributed by atoms with van der Waals surface area (Å²) in [6, 6.07) is 174. The van der Waals surface area contributed by atoms with Crippen molar-refractivity contribution in [2.24, 2.45) is 0 Å². The number of halogens is 4. The van der Waals surface area contributed by atoms with E-state index in [1.807, 2.05) is 45.3 Å². The van der Waals surface area contributed by atoms with E-state index in [0.29, 0.717) is 0 Å². The molecule has 4 heterocycles. The van der Waals surface area contributed by atoms with Crippen LogP contribution in [-0.4, -0.2) is 0 Å². The molecule has 0 saturated heterocycles. The molecule has 0 N–H and O–H groups in total. The molecule has 0 aliphatic heterocycles. The zero-order valence-electron chi connectivity index (χ0n) is 73.1. The normalized spacial score (nSPS) is 11.4. The first-order chi connectivity index (χ1) is 67.0. The Morgan fingerprint density at radius 2 is 0.412 bits per heavy atom. The van der Waals surface area contributed by atoms with Crippen LogP contribution in [0.5, 0.6) is 0 Å². The summed E-state index contributed by atoms with van der Waals surface area (Å²) in [7, 11) is 0. The molecule has 0 bridgehead atoms. The summed E-state index contributed by atoms with van der Waals surface area (Å²) in [6.45, 7) is 0. The summed E-state index contributed by atoms with van der Waals surface area (Å²) in [4.78, 5) is 9.40. The molecule has 0 unspecified atom stereocenters. The zero-order valence-corrected chi connectivity index (χ0v) is 82.7. The third-order valence-corrected chi connectivity index (χ3v) is 31.7. The highest BCUT2D eigenvalue weighted by molar-refractivity contribution is 9.11. The van der Waals surface area contributed by atoms with Gasteiger partial charge < -0.3 is 19.6 Å². The standard InChI is InChI=1S/C34H22BrNS.C32H20BrNS.C30H20BrNS.C28H18BrNS/c35-25-15-20-33-32(21-25)31-19-18-28(22-34(31)37-33)36(26-9-2-1-3-10-26)27-16-13-24(14-17-27)30-12-6-8-23-7-4-5-11-29(23)30;33-25-11-16-31-30(19-25)29-15-14-28(20-32(29)35-31)34(26-12-9-21-5-1-3-7-23(21)17-26)27-13-10-22-6-2-4-8-24(22)18-27;31-23-13-18-29-28(19-23)27-17-16-26(20-30(27)33-29)32(24-9-5-2-6-10-24)25-14-11-22(12-15-25)21-7-3-1-4-8-21;29-20-13-16-27-25(17-20)24-15-14-22(18-28(24)31-27)30(21-9-2-1-3-10-21)26-12-6-8-19-7-4-5-11-23(19)26/h1-22H;1-20H;1-20H;1-18H. The minimum absolute atomic E-state index is 1.11. The van der Waals surface area contributed by atoms with E-state index in [-0.39, 0.29) is 0 Å². The van der Waals surface area contributed by atoms with Gasteiger partial charge in [0.15, 0.2) is 0 Å². The molecular formula is C124H80Br4N4S4. The Kier molecular flexibility index (Phi) is 24.0. The van der Waals surface area contributed by atoms with Crippen molar-refractivity contribution in [2.75, 3.05) is 19.6 Å². The number of benzene rings is 22. The predicted molar refractivity (Wildman–Crippen MR) is 608 cm³/mol. The van der Waals surface area contributed by atoms with Gasteiger partial charge >= 0.3 is 0 Å². The number of para-hydroxylation sites is 3. The van der Waals surface area contributed by atoms with Crippen LogP contribution >= 0.6 is 109 Å². The molecule has 0 aliphatic rings. The smallest absolute Gasteiger partial charge is 0.0540 e. The van der Waals surface area contributed by atoms with Gasteiger partial charge in [-0.1, -0.05) is 337 Å². The van der Waals surface area contributed by atoms with Crippen LogP contribution in [0.15, 0.2) is 503 Å². The summed E-state index contributed by atoms with van der Waals surface area (Å²) in [6.07, 6.45) is 0. The van der Waals surface area contributed by atoms with Gasteiger partial charge in [-0.15, -0.1) is 45.3 Å². The van der Waals surface area contributed by atoms with Crippen LogP contribution in [0, 0.1) is 0 Å². The average Bonchev–Trinajstić information content (AvgIpc) is 1.59. The van der Waals surface area contributed by atoms with Crippen molar-refractivity contribution in [2.45, 2.75) is 0 Å². The van der Waals surface area contributed by atoms with Crippen molar-refractivity contribution in [1.29, 1.82) is 0 Å². The van der Waals surface area contributed by atoms with E-state index >= 15 is 0 Å². The van der Waals surface area contributed by atoms with Crippen molar-refractivity contribution in [1.82, 2.24) is 0 Å². The fourth-order valence-corrected chi connectivity index (χ4v) is 24.7. The maximum absolute atomic E-state index is 3.64. The summed E-state index contributed by atoms with van der Waals surface area (Å²) in [5.41, 5.74) is 18.8. The van der Waals surface area contributed by atoms with Gasteiger partial charge in [0.1, 0.15) is 0 Å². The first-order valence-corrected chi connectivity index (χ1v) is 51.5. The molecule has 0 atom stereocenters. The van der Waals surface area contributed by atoms with Crippen LogP contribution in [-0.2, 0) is 0 Å². The van der Waals surface area contributed by atoms with Gasteiger partial charge in [0, 0.05) is 167 Å². The molecule has 0 fully saturated rings. The van der Waals surface area contributed by atoms with E-state index in [1.54, 1.807) is 0 Å². The zero-order chi connectivity index (χ0) is 91.1. The Morgan fingerprint density at radius 1 is 0.140 bits per heavy atom. The Labute approximate surface area is 837 Å². The van der Waals surface area contributed by atoms with Gasteiger partial charge in [0.25, 0.3) is 0 Å². The topological polar surface area (TPSA) is 13.0 Å². The largest absolute Gasteiger partial charge is 0.310 e. The van der Waals surface area contributed by atoms with Gasteiger partial charge in [0.05, 0.1) is 5.69 Å². The monoisotopic (exact) mass is 2070 g/mol. The maximum atomic E-state index is 3.64. The molecule has 22 aromatic carbocycles. The second kappa shape index (κ2) is 38.0. The number of hydrogen-bond acceptors (Lipinski definition) is 8. The number of fused-ring (bicyclic) bond motifs is 16. The number of anilines is 12. The molecule has 0 spiro atoms. The minimum Gasteiger partial charge on any atom is -0.310 e. The fraction of sp³-hybridized carbons (Fsp3) is 0. The number of rotatable bonds is 14. The lowest BCUT2D eigenvalue weighted by Gasteiger charge is -2.27. The van der Waals surface area contributed by atoms with E-state index in [2.05, 4.69) is 569 Å². The molecule has 0 saturated carbocycles. The highest BCUT2D eigenvalue weighted by Crippen LogP contribution is 2.49. The fourth-order valence-electron chi connectivity index (χ4n) is 18.7. The quantitative estimate of drug-likeness (QED) is 0.108. The molecule has 648 valence electrons. The van der Waals surface area contributed by atoms with Gasteiger partial charge in [-0.2, -0.15) is 0 Å². The number of nitrogens with zero attached hydrogens (tertiary/aromatic N) is 4. The van der Waals surface area contributed by atoms with Gasteiger partial charge in [-0.05, 0) is 272 Å². The summed E-state index contributed by atoms with van der Waals surface area (Å²) >= 11 is 21.9. The molecule has 4 nitrogen and oxygen atoms in total. The van der Waals surface area contributed by atoms with Crippen molar-refractivity contribution in [3.8, 4) is 22.3 Å². The molecule has 0 radical (unpaired) electrons. The first kappa shape index (κ1) is 86.0. The van der Waals surface area contributed by atoms with Crippen molar-refractivity contribution in [3.05, 3.63) is 503 Å². The molecule has 4 aromatic heterocycles. The summed E-state index contributed by atoms with van der Waals surface area (Å²) in [5, 5.41) is 20.4. The molecule has 26 rings (SSSR count). The average molecular weight is 2070 g/mol. The Bertz CT molecular complexity index is 8870. The summed E-state index contributed by atoms with van der Waals surface area (Å²) in [5.74, 6) is 0. The van der Waals surface area contributed by atoms with Crippen molar-refractivity contribution >= 4 is 301 Å². The Balaban J connectivity index is 0.000000102. The summed E-state index contributed by atoms with van der Waals surface area (Å²) < 4.78 is 14.9. The van der Waals surface area contributed by atoms with Crippen molar-refractivity contribution in [3.63, 3.8) is 0 Å². The van der Waals surface area contributed by atoms with E-state index < -0.39 is 0 Å². The maximum Gasteiger partial charge on any atom is 0.0540 e. The van der Waals surface area contributed by atoms with Crippen LogP contribution in [0.2, 0.25) is 0 Å². The third kappa shape index (κ3) is 17.4. The molecule has 26 aromatic rings. The van der Waals surface area contributed by atoms with E-state index in [9.17, 15) is 0 Å². The van der Waals surface area contributed by atoms with Crippen molar-refractivity contribution < 1.29 is 0 Å². The van der Waals surface area contributed by atoms with Gasteiger partial charge in [-0.3, -0.25) is 0 Å². The van der Waals surface area contributed by atoms with E-state index in [0.717, 1.165) is 74.8 Å². The Morgan fingerprint density at radius 3 is 0.816 bits per heavy atom. The molecule has 0 aliphatic carbocycles. The second-order valence-corrected chi connectivity index (χ2v) is 41.6. The highest BCUT2D eigenvalue weighted by atomic mass is 79.9. The molecule has 136 heavy (non-hydrogen) atoms. The number of hydrogen-bond donors (Lipinski definition) is 0. The van der Waals surface area contributed by atoms with E-state index in [1.165, 1.54) is 157 Å².